The van der Waals surface area contributed by atoms with Gasteiger partial charge in [-0.3, -0.25) is 0 Å². The second-order valence-corrected chi connectivity index (χ2v) is 9.46. The van der Waals surface area contributed by atoms with Gasteiger partial charge >= 0.3 is 0 Å². The first-order valence-corrected chi connectivity index (χ1v) is 12.1. The van der Waals surface area contributed by atoms with Gasteiger partial charge in [0.05, 0.1) is 26.4 Å². The summed E-state index contributed by atoms with van der Waals surface area (Å²) in [5.74, 6) is -1.42. The summed E-state index contributed by atoms with van der Waals surface area (Å²) >= 11 is 0. The van der Waals surface area contributed by atoms with E-state index >= 15 is 0 Å². The fourth-order valence-corrected chi connectivity index (χ4v) is 5.40. The lowest BCUT2D eigenvalue weighted by Crippen LogP contribution is -2.14. The van der Waals surface area contributed by atoms with Crippen molar-refractivity contribution in [2.45, 2.75) is 24.0 Å². The standard InChI is InChI=1S/C30H28O9/c1-37-25-11-15(3-5-23(25)35)29-27(17-7-19(31)13-20(32)8-17)28(18-9-21(33)14-22(34)10-18)30(39-29)16-4-6-24(36)26(12-16)38-2/h3-14,27-36H,1-2H3/t27-,28-,29+,30+/m1/s1. The van der Waals surface area contributed by atoms with Crippen LogP contribution in [0, 0.1) is 0 Å². The molecular formula is C30H28O9. The third-order valence-corrected chi connectivity index (χ3v) is 7.02. The van der Waals surface area contributed by atoms with Gasteiger partial charge in [0.25, 0.3) is 0 Å². The summed E-state index contributed by atoms with van der Waals surface area (Å²) in [6, 6.07) is 18.2. The molecule has 1 aliphatic heterocycles. The Balaban J connectivity index is 1.77. The van der Waals surface area contributed by atoms with Crippen LogP contribution in [0.1, 0.15) is 46.3 Å². The number of phenols is 6. The third kappa shape index (κ3) is 4.92. The maximum atomic E-state index is 10.4. The van der Waals surface area contributed by atoms with Crippen LogP contribution in [0.5, 0.6) is 46.0 Å². The van der Waals surface area contributed by atoms with E-state index in [9.17, 15) is 30.6 Å². The molecule has 0 radical (unpaired) electrons. The smallest absolute Gasteiger partial charge is 0.160 e. The van der Waals surface area contributed by atoms with Gasteiger partial charge in [0.2, 0.25) is 0 Å². The summed E-state index contributed by atoms with van der Waals surface area (Å²) in [6.45, 7) is 0. The zero-order valence-electron chi connectivity index (χ0n) is 21.1. The highest BCUT2D eigenvalue weighted by atomic mass is 16.5. The van der Waals surface area contributed by atoms with Crippen LogP contribution in [0.4, 0.5) is 0 Å². The van der Waals surface area contributed by atoms with E-state index in [1.54, 1.807) is 24.3 Å². The van der Waals surface area contributed by atoms with E-state index in [0.29, 0.717) is 22.3 Å². The molecule has 1 fully saturated rings. The molecule has 0 spiro atoms. The molecule has 4 aromatic rings. The maximum Gasteiger partial charge on any atom is 0.160 e. The predicted octanol–water partition coefficient (Wildman–Crippen LogP) is 5.32. The Labute approximate surface area is 224 Å². The first kappa shape index (κ1) is 25.9. The highest BCUT2D eigenvalue weighted by molar-refractivity contribution is 5.50. The van der Waals surface area contributed by atoms with E-state index in [2.05, 4.69) is 0 Å². The average Bonchev–Trinajstić information content (AvgIpc) is 3.29. The third-order valence-electron chi connectivity index (χ3n) is 7.02. The number of hydrogen-bond acceptors (Lipinski definition) is 9. The molecule has 4 atom stereocenters. The van der Waals surface area contributed by atoms with Gasteiger partial charge in [0.1, 0.15) is 23.0 Å². The molecule has 0 unspecified atom stereocenters. The Morgan fingerprint density at radius 1 is 0.487 bits per heavy atom. The second kappa shape index (κ2) is 10.2. The van der Waals surface area contributed by atoms with E-state index < -0.39 is 24.0 Å². The number of rotatable bonds is 6. The summed E-state index contributed by atoms with van der Waals surface area (Å²) in [7, 11) is 2.87. The Bertz CT molecular complexity index is 1360. The highest BCUT2D eigenvalue weighted by Crippen LogP contribution is 2.60. The van der Waals surface area contributed by atoms with Crippen molar-refractivity contribution >= 4 is 0 Å². The highest BCUT2D eigenvalue weighted by Gasteiger charge is 2.48. The zero-order valence-corrected chi connectivity index (χ0v) is 21.1. The molecule has 0 bridgehead atoms. The molecule has 0 aromatic heterocycles. The molecule has 5 rings (SSSR count). The van der Waals surface area contributed by atoms with Crippen LogP contribution in [0.15, 0.2) is 72.8 Å². The molecule has 1 saturated heterocycles. The van der Waals surface area contributed by atoms with E-state index in [-0.39, 0.29) is 46.0 Å². The normalized spacial score (nSPS) is 20.6. The molecule has 202 valence electrons. The summed E-state index contributed by atoms with van der Waals surface area (Å²) in [6.07, 6.45) is -1.42. The van der Waals surface area contributed by atoms with E-state index in [1.807, 2.05) is 0 Å². The minimum absolute atomic E-state index is 0.0555. The van der Waals surface area contributed by atoms with Crippen molar-refractivity contribution in [3.05, 3.63) is 95.1 Å². The van der Waals surface area contributed by atoms with Crippen LogP contribution >= 0.6 is 0 Å². The summed E-state index contributed by atoms with van der Waals surface area (Å²) in [5, 5.41) is 61.9. The predicted molar refractivity (Wildman–Crippen MR) is 141 cm³/mol. The van der Waals surface area contributed by atoms with Gasteiger partial charge < -0.3 is 44.8 Å². The number of phenolic OH excluding ortho intramolecular Hbond substituents is 6. The SMILES string of the molecule is COc1cc([C@@H]2O[C@@H](c3ccc(O)c(OC)c3)[C@H](c3cc(O)cc(O)c3)[C@H]2c2cc(O)cc(O)c2)ccc1O. The van der Waals surface area contributed by atoms with Gasteiger partial charge in [-0.2, -0.15) is 0 Å². The number of aromatic hydroxyl groups is 6. The molecule has 6 N–H and O–H groups in total. The topological polar surface area (TPSA) is 149 Å². The van der Waals surface area contributed by atoms with Gasteiger partial charge in [-0.25, -0.2) is 0 Å². The van der Waals surface area contributed by atoms with Gasteiger partial charge in [-0.15, -0.1) is 0 Å². The Morgan fingerprint density at radius 3 is 1.18 bits per heavy atom. The summed E-state index contributed by atoms with van der Waals surface area (Å²) in [4.78, 5) is 0. The van der Waals surface area contributed by atoms with E-state index in [1.165, 1.54) is 62.8 Å². The lowest BCUT2D eigenvalue weighted by Gasteiger charge is -2.26. The van der Waals surface area contributed by atoms with E-state index in [4.69, 9.17) is 14.2 Å². The molecule has 4 aromatic carbocycles. The lowest BCUT2D eigenvalue weighted by atomic mass is 9.74. The van der Waals surface area contributed by atoms with Gasteiger partial charge in [0, 0.05) is 24.0 Å². The number of benzene rings is 4. The van der Waals surface area contributed by atoms with Crippen molar-refractivity contribution < 1.29 is 44.8 Å². The number of hydrogen-bond donors (Lipinski definition) is 6. The van der Waals surface area contributed by atoms with Gasteiger partial charge in [0.15, 0.2) is 23.0 Å². The largest absolute Gasteiger partial charge is 0.508 e. The Hall–Kier alpha value is -4.76. The van der Waals surface area contributed by atoms with Crippen molar-refractivity contribution in [3.8, 4) is 46.0 Å². The van der Waals surface area contributed by atoms with Crippen molar-refractivity contribution in [2.75, 3.05) is 14.2 Å². The lowest BCUT2D eigenvalue weighted by molar-refractivity contribution is 0.0364. The van der Waals surface area contributed by atoms with Crippen molar-refractivity contribution in [1.82, 2.24) is 0 Å². The van der Waals surface area contributed by atoms with Crippen molar-refractivity contribution in [3.63, 3.8) is 0 Å². The molecule has 39 heavy (non-hydrogen) atoms. The fourth-order valence-electron chi connectivity index (χ4n) is 5.40. The quantitative estimate of drug-likeness (QED) is 0.194. The van der Waals surface area contributed by atoms with Crippen molar-refractivity contribution in [2.24, 2.45) is 0 Å². The molecule has 9 nitrogen and oxygen atoms in total. The van der Waals surface area contributed by atoms with Crippen LogP contribution in [-0.2, 0) is 4.74 Å². The summed E-state index contributed by atoms with van der Waals surface area (Å²) in [5.41, 5.74) is 2.34. The molecule has 0 saturated carbocycles. The minimum Gasteiger partial charge on any atom is -0.508 e. The number of ether oxygens (including phenoxy) is 3. The minimum atomic E-state index is -0.708. The van der Waals surface area contributed by atoms with Crippen LogP contribution in [0.2, 0.25) is 0 Å². The van der Waals surface area contributed by atoms with Gasteiger partial charge in [-0.05, 0) is 70.8 Å². The summed E-state index contributed by atoms with van der Waals surface area (Å²) < 4.78 is 17.4. The second-order valence-electron chi connectivity index (χ2n) is 9.46. The van der Waals surface area contributed by atoms with Crippen LogP contribution in [0.3, 0.4) is 0 Å². The Morgan fingerprint density at radius 2 is 0.846 bits per heavy atom. The molecule has 1 heterocycles. The van der Waals surface area contributed by atoms with E-state index in [0.717, 1.165) is 0 Å². The van der Waals surface area contributed by atoms with Crippen LogP contribution in [-0.4, -0.2) is 44.9 Å². The van der Waals surface area contributed by atoms with Crippen molar-refractivity contribution in [1.29, 1.82) is 0 Å². The molecule has 1 aliphatic rings. The first-order chi connectivity index (χ1) is 18.7. The monoisotopic (exact) mass is 532 g/mol. The van der Waals surface area contributed by atoms with Gasteiger partial charge in [-0.1, -0.05) is 12.1 Å². The first-order valence-electron chi connectivity index (χ1n) is 12.1. The Kier molecular flexibility index (Phi) is 6.76. The molecule has 0 amide bonds. The fraction of sp³-hybridized carbons (Fsp3) is 0.200. The average molecular weight is 533 g/mol. The molecular weight excluding hydrogens is 504 g/mol. The zero-order chi connectivity index (χ0) is 27.8. The maximum absolute atomic E-state index is 10.4. The molecule has 0 aliphatic carbocycles. The number of methoxy groups -OCH3 is 2. The van der Waals surface area contributed by atoms with Crippen LogP contribution in [0.25, 0.3) is 0 Å². The molecule has 9 heteroatoms. The van der Waals surface area contributed by atoms with Crippen LogP contribution < -0.4 is 9.47 Å².